The first-order valence-electron chi connectivity index (χ1n) is 10.5. The van der Waals surface area contributed by atoms with E-state index < -0.39 is 11.0 Å². The number of carbonyl (C=O) groups is 3. The topological polar surface area (TPSA) is 122 Å². The molecule has 3 amide bonds. The minimum absolute atomic E-state index is 0.0434. The van der Waals surface area contributed by atoms with Crippen molar-refractivity contribution in [2.75, 3.05) is 13.1 Å². The molecule has 2 aliphatic rings. The predicted octanol–water partition coefficient (Wildman–Crippen LogP) is 2.07. The van der Waals surface area contributed by atoms with Crippen LogP contribution in [0.15, 0.2) is 18.2 Å². The Balaban J connectivity index is 1.53. The summed E-state index contributed by atoms with van der Waals surface area (Å²) in [5.41, 5.74) is 0.686. The summed E-state index contributed by atoms with van der Waals surface area (Å²) >= 11 is 0. The zero-order valence-electron chi connectivity index (χ0n) is 17.2. The molecule has 1 aliphatic heterocycles. The molecule has 0 radical (unpaired) electrons. The van der Waals surface area contributed by atoms with E-state index in [-0.39, 0.29) is 42.4 Å². The minimum Gasteiger partial charge on any atom is -0.354 e. The Bertz CT molecular complexity index is 835. The van der Waals surface area contributed by atoms with Crippen LogP contribution in [0.4, 0.5) is 5.69 Å². The molecular weight excluding hydrogens is 388 g/mol. The second-order valence-corrected chi connectivity index (χ2v) is 8.00. The normalized spacial score (nSPS) is 19.0. The van der Waals surface area contributed by atoms with Crippen molar-refractivity contribution >= 4 is 23.4 Å². The largest absolute Gasteiger partial charge is 0.354 e. The predicted molar refractivity (Wildman–Crippen MR) is 110 cm³/mol. The minimum atomic E-state index is -0.592. The van der Waals surface area contributed by atoms with Gasteiger partial charge in [-0.1, -0.05) is 12.8 Å². The highest BCUT2D eigenvalue weighted by Gasteiger charge is 2.34. The lowest BCUT2D eigenvalue weighted by Crippen LogP contribution is -2.46. The molecule has 1 unspecified atom stereocenters. The van der Waals surface area contributed by atoms with E-state index >= 15 is 0 Å². The average molecular weight is 416 g/mol. The Morgan fingerprint density at radius 1 is 1.17 bits per heavy atom. The smallest absolute Gasteiger partial charge is 0.272 e. The van der Waals surface area contributed by atoms with E-state index in [1.807, 2.05) is 0 Å². The fourth-order valence-corrected chi connectivity index (χ4v) is 4.23. The summed E-state index contributed by atoms with van der Waals surface area (Å²) in [7, 11) is 0. The van der Waals surface area contributed by atoms with Gasteiger partial charge in [0.2, 0.25) is 11.8 Å². The Labute approximate surface area is 175 Å². The monoisotopic (exact) mass is 416 g/mol. The maximum atomic E-state index is 12.9. The van der Waals surface area contributed by atoms with Crippen LogP contribution < -0.4 is 10.6 Å². The van der Waals surface area contributed by atoms with Crippen molar-refractivity contribution in [1.82, 2.24) is 15.5 Å². The summed E-state index contributed by atoms with van der Waals surface area (Å²) in [4.78, 5) is 49.5. The van der Waals surface area contributed by atoms with E-state index in [0.29, 0.717) is 30.5 Å². The average Bonchev–Trinajstić information content (AvgIpc) is 3.38. The number of nitrogens with one attached hydrogen (secondary N) is 2. The maximum absolute atomic E-state index is 12.9. The van der Waals surface area contributed by atoms with Gasteiger partial charge < -0.3 is 15.5 Å². The highest BCUT2D eigenvalue weighted by molar-refractivity contribution is 5.98. The van der Waals surface area contributed by atoms with Crippen molar-refractivity contribution in [3.8, 4) is 0 Å². The Morgan fingerprint density at radius 3 is 2.57 bits per heavy atom. The van der Waals surface area contributed by atoms with Crippen LogP contribution in [0.2, 0.25) is 0 Å². The molecule has 1 aromatic rings. The molecule has 1 heterocycles. The first kappa shape index (κ1) is 21.7. The number of hydrogen-bond donors (Lipinski definition) is 2. The molecule has 0 aromatic heterocycles. The van der Waals surface area contributed by atoms with Gasteiger partial charge in [-0.3, -0.25) is 24.5 Å². The van der Waals surface area contributed by atoms with Crippen molar-refractivity contribution in [2.24, 2.45) is 0 Å². The zero-order valence-corrected chi connectivity index (χ0v) is 17.2. The molecule has 1 saturated carbocycles. The number of aryl methyl sites for hydroxylation is 1. The van der Waals surface area contributed by atoms with Crippen molar-refractivity contribution in [3.05, 3.63) is 39.4 Å². The quantitative estimate of drug-likeness (QED) is 0.521. The Kier molecular flexibility index (Phi) is 7.02. The molecular formula is C21H28N4O5. The van der Waals surface area contributed by atoms with Crippen LogP contribution >= 0.6 is 0 Å². The number of nitro benzene ring substituents is 1. The van der Waals surface area contributed by atoms with E-state index in [1.54, 1.807) is 6.92 Å². The fraction of sp³-hybridized carbons (Fsp3) is 0.571. The van der Waals surface area contributed by atoms with E-state index in [2.05, 4.69) is 10.6 Å². The first-order valence-corrected chi connectivity index (χ1v) is 10.5. The number of nitrogens with zero attached hydrogens (tertiary/aromatic N) is 2. The number of nitro groups is 1. The molecule has 1 atom stereocenters. The summed E-state index contributed by atoms with van der Waals surface area (Å²) in [5.74, 6) is -0.652. The van der Waals surface area contributed by atoms with Crippen LogP contribution in [0.3, 0.4) is 0 Å². The molecule has 2 fully saturated rings. The van der Waals surface area contributed by atoms with Gasteiger partial charge in [-0.15, -0.1) is 0 Å². The molecule has 0 spiro atoms. The lowest BCUT2D eigenvalue weighted by molar-refractivity contribution is -0.385. The molecule has 1 saturated heterocycles. The molecule has 1 aromatic carbocycles. The molecule has 9 nitrogen and oxygen atoms in total. The third-order valence-electron chi connectivity index (χ3n) is 5.83. The van der Waals surface area contributed by atoms with Crippen LogP contribution in [-0.4, -0.2) is 52.7 Å². The number of hydrogen-bond acceptors (Lipinski definition) is 5. The summed E-state index contributed by atoms with van der Waals surface area (Å²) in [5, 5.41) is 16.7. The van der Waals surface area contributed by atoms with Gasteiger partial charge in [0.25, 0.3) is 11.6 Å². The van der Waals surface area contributed by atoms with Crippen molar-refractivity contribution < 1.29 is 19.3 Å². The van der Waals surface area contributed by atoms with Crippen LogP contribution in [0.25, 0.3) is 0 Å². The second kappa shape index (κ2) is 9.69. The number of benzene rings is 1. The number of rotatable bonds is 7. The van der Waals surface area contributed by atoms with Gasteiger partial charge in [0.1, 0.15) is 6.04 Å². The molecule has 2 N–H and O–H groups in total. The van der Waals surface area contributed by atoms with Gasteiger partial charge in [0.05, 0.1) is 4.92 Å². The van der Waals surface area contributed by atoms with Gasteiger partial charge >= 0.3 is 0 Å². The van der Waals surface area contributed by atoms with Gasteiger partial charge in [-0.2, -0.15) is 0 Å². The van der Waals surface area contributed by atoms with Crippen molar-refractivity contribution in [1.29, 1.82) is 0 Å². The highest BCUT2D eigenvalue weighted by Crippen LogP contribution is 2.24. The lowest BCUT2D eigenvalue weighted by atomic mass is 10.1. The van der Waals surface area contributed by atoms with Crippen LogP contribution in [0, 0.1) is 17.0 Å². The summed E-state index contributed by atoms with van der Waals surface area (Å²) < 4.78 is 0. The Hall–Kier alpha value is -2.97. The number of carbonyl (C=O) groups excluding carboxylic acids is 3. The van der Waals surface area contributed by atoms with E-state index in [9.17, 15) is 24.5 Å². The zero-order chi connectivity index (χ0) is 21.7. The highest BCUT2D eigenvalue weighted by atomic mass is 16.6. The molecule has 3 rings (SSSR count). The van der Waals surface area contributed by atoms with E-state index in [1.165, 1.54) is 23.1 Å². The summed E-state index contributed by atoms with van der Waals surface area (Å²) in [6.07, 6.45) is 5.78. The Morgan fingerprint density at radius 2 is 1.90 bits per heavy atom. The van der Waals surface area contributed by atoms with Gasteiger partial charge in [0.15, 0.2) is 0 Å². The van der Waals surface area contributed by atoms with Crippen LogP contribution in [0.5, 0.6) is 0 Å². The summed E-state index contributed by atoms with van der Waals surface area (Å²) in [6.45, 7) is 2.27. The van der Waals surface area contributed by atoms with Gasteiger partial charge in [0, 0.05) is 42.7 Å². The van der Waals surface area contributed by atoms with Gasteiger partial charge in [-0.25, -0.2) is 0 Å². The maximum Gasteiger partial charge on any atom is 0.272 e. The third-order valence-corrected chi connectivity index (χ3v) is 5.83. The van der Waals surface area contributed by atoms with Crippen LogP contribution in [0.1, 0.15) is 60.9 Å². The number of likely N-dealkylation sites (tertiary alicyclic amines) is 1. The van der Waals surface area contributed by atoms with E-state index in [4.69, 9.17) is 0 Å². The first-order chi connectivity index (χ1) is 14.4. The fourth-order valence-electron chi connectivity index (χ4n) is 4.23. The molecule has 1 aliphatic carbocycles. The molecule has 9 heteroatoms. The second-order valence-electron chi connectivity index (χ2n) is 8.00. The molecule has 0 bridgehead atoms. The van der Waals surface area contributed by atoms with Crippen molar-refractivity contribution in [2.45, 2.75) is 64.0 Å². The standard InChI is InChI=1S/C21H28N4O5/c1-14-13-15(8-9-17(14)25(29)30)21(28)24-12-4-7-18(24)20(27)22-11-10-19(26)23-16-5-2-3-6-16/h8-9,13,16,18H,2-7,10-12H2,1H3,(H,22,27)(H,23,26). The molecule has 162 valence electrons. The van der Waals surface area contributed by atoms with Crippen molar-refractivity contribution in [3.63, 3.8) is 0 Å². The van der Waals surface area contributed by atoms with Crippen LogP contribution in [-0.2, 0) is 9.59 Å². The third kappa shape index (κ3) is 5.14. The number of amides is 3. The SMILES string of the molecule is Cc1cc(C(=O)N2CCCC2C(=O)NCCC(=O)NC2CCCC2)ccc1[N+](=O)[O-]. The van der Waals surface area contributed by atoms with Gasteiger partial charge in [-0.05, 0) is 44.7 Å². The van der Waals surface area contributed by atoms with E-state index in [0.717, 1.165) is 25.7 Å². The molecule has 30 heavy (non-hydrogen) atoms. The lowest BCUT2D eigenvalue weighted by Gasteiger charge is -2.24. The summed E-state index contributed by atoms with van der Waals surface area (Å²) in [6, 6.07) is 3.89.